The van der Waals surface area contributed by atoms with E-state index in [1.807, 2.05) is 12.1 Å². The number of likely N-dealkylation sites (N-methyl/N-ethyl adjacent to an activating group) is 1. The fourth-order valence-corrected chi connectivity index (χ4v) is 5.57. The summed E-state index contributed by atoms with van der Waals surface area (Å²) in [6.07, 6.45) is 5.39. The van der Waals surface area contributed by atoms with Gasteiger partial charge in [-0.1, -0.05) is 6.07 Å². The number of rotatable bonds is 7. The van der Waals surface area contributed by atoms with Gasteiger partial charge in [0.1, 0.15) is 18.4 Å². The molecule has 3 amide bonds. The Morgan fingerprint density at radius 3 is 2.61 bits per heavy atom. The normalized spacial score (nSPS) is 26.2. The minimum Gasteiger partial charge on any atom is -0.479 e. The number of carbonyl (C=O) groups is 3. The highest BCUT2D eigenvalue weighted by molar-refractivity contribution is 6.03. The molecule has 36 heavy (non-hydrogen) atoms. The van der Waals surface area contributed by atoms with Crippen molar-refractivity contribution in [2.24, 2.45) is 11.8 Å². The first kappa shape index (κ1) is 22.8. The zero-order chi connectivity index (χ0) is 25.0. The number of aromatic nitrogens is 1. The summed E-state index contributed by atoms with van der Waals surface area (Å²) in [6, 6.07) is 9.06. The number of hydrogen-bond acceptors (Lipinski definition) is 6. The number of anilines is 1. The van der Waals surface area contributed by atoms with Gasteiger partial charge in [-0.3, -0.25) is 14.4 Å². The van der Waals surface area contributed by atoms with Gasteiger partial charge in [-0.15, -0.1) is 0 Å². The van der Waals surface area contributed by atoms with Gasteiger partial charge < -0.3 is 24.2 Å². The van der Waals surface area contributed by atoms with Gasteiger partial charge in [-0.2, -0.15) is 0 Å². The second-order valence-corrected chi connectivity index (χ2v) is 10.5. The van der Waals surface area contributed by atoms with Crippen LogP contribution in [0.15, 0.2) is 36.5 Å². The first-order valence-corrected chi connectivity index (χ1v) is 12.6. The predicted octanol–water partition coefficient (Wildman–Crippen LogP) is 2.49. The van der Waals surface area contributed by atoms with Crippen molar-refractivity contribution >= 4 is 23.4 Å². The predicted molar refractivity (Wildman–Crippen MR) is 131 cm³/mol. The maximum Gasteiger partial charge on any atom is 0.268 e. The largest absolute Gasteiger partial charge is 0.479 e. The number of nitrogens with zero attached hydrogens (tertiary/aromatic N) is 4. The second-order valence-electron chi connectivity index (χ2n) is 10.5. The SMILES string of the molecule is CN(C)C(=O)CN1Cc2ccc(N3CC[C@@H](Oc4ccc(O[C@H]5C[C@@H]6C[C@@H]6C5)nc4)C3=O)cc2C1=O. The van der Waals surface area contributed by atoms with E-state index in [-0.39, 0.29) is 30.4 Å². The van der Waals surface area contributed by atoms with Crippen LogP contribution in [0.2, 0.25) is 0 Å². The van der Waals surface area contributed by atoms with Crippen molar-refractivity contribution < 1.29 is 23.9 Å². The summed E-state index contributed by atoms with van der Waals surface area (Å²) in [5.41, 5.74) is 2.06. The van der Waals surface area contributed by atoms with E-state index in [4.69, 9.17) is 9.47 Å². The monoisotopic (exact) mass is 490 g/mol. The van der Waals surface area contributed by atoms with Gasteiger partial charge in [0.2, 0.25) is 11.8 Å². The Kier molecular flexibility index (Phi) is 5.58. The Hall–Kier alpha value is -3.62. The van der Waals surface area contributed by atoms with Gasteiger partial charge >= 0.3 is 0 Å². The number of benzene rings is 1. The lowest BCUT2D eigenvalue weighted by Crippen LogP contribution is -2.36. The zero-order valence-corrected chi connectivity index (χ0v) is 20.6. The summed E-state index contributed by atoms with van der Waals surface area (Å²) >= 11 is 0. The number of ether oxygens (including phenoxy) is 2. The molecule has 0 radical (unpaired) electrons. The Labute approximate surface area is 210 Å². The molecule has 2 aliphatic heterocycles. The van der Waals surface area contributed by atoms with Gasteiger partial charge in [0.25, 0.3) is 11.8 Å². The molecule has 4 atom stereocenters. The summed E-state index contributed by atoms with van der Waals surface area (Å²) < 4.78 is 11.9. The minimum absolute atomic E-state index is 0.0357. The van der Waals surface area contributed by atoms with Crippen LogP contribution >= 0.6 is 0 Å². The van der Waals surface area contributed by atoms with Crippen molar-refractivity contribution in [3.05, 3.63) is 47.7 Å². The highest BCUT2D eigenvalue weighted by Gasteiger charge is 2.47. The number of hydrogen-bond donors (Lipinski definition) is 0. The van der Waals surface area contributed by atoms with Crippen molar-refractivity contribution in [1.29, 1.82) is 0 Å². The molecule has 9 nitrogen and oxygen atoms in total. The van der Waals surface area contributed by atoms with E-state index in [1.165, 1.54) is 16.2 Å². The van der Waals surface area contributed by atoms with Crippen LogP contribution in [0, 0.1) is 11.8 Å². The molecule has 188 valence electrons. The third-order valence-electron chi connectivity index (χ3n) is 7.74. The average Bonchev–Trinajstić information content (AvgIpc) is 3.15. The first-order chi connectivity index (χ1) is 17.4. The highest BCUT2D eigenvalue weighted by atomic mass is 16.5. The molecule has 0 spiro atoms. The van der Waals surface area contributed by atoms with Gasteiger partial charge in [0.05, 0.1) is 6.20 Å². The molecule has 9 heteroatoms. The van der Waals surface area contributed by atoms with E-state index >= 15 is 0 Å². The van der Waals surface area contributed by atoms with E-state index in [2.05, 4.69) is 4.98 Å². The highest BCUT2D eigenvalue weighted by Crippen LogP contribution is 2.52. The Morgan fingerprint density at radius 2 is 1.89 bits per heavy atom. The number of fused-ring (bicyclic) bond motifs is 2. The number of pyridine rings is 1. The summed E-state index contributed by atoms with van der Waals surface area (Å²) in [5.74, 6) is 2.36. The number of carbonyl (C=O) groups excluding carboxylic acids is 3. The molecule has 1 aromatic heterocycles. The molecule has 2 saturated carbocycles. The van der Waals surface area contributed by atoms with E-state index in [9.17, 15) is 14.4 Å². The lowest BCUT2D eigenvalue weighted by molar-refractivity contribution is -0.129. The minimum atomic E-state index is -0.612. The summed E-state index contributed by atoms with van der Waals surface area (Å²) in [4.78, 5) is 47.1. The lowest BCUT2D eigenvalue weighted by Gasteiger charge is -2.18. The van der Waals surface area contributed by atoms with Crippen LogP contribution in [0.5, 0.6) is 11.6 Å². The Bertz CT molecular complexity index is 1200. The van der Waals surface area contributed by atoms with Crippen LogP contribution in [0.4, 0.5) is 5.69 Å². The molecule has 3 fully saturated rings. The number of amides is 3. The van der Waals surface area contributed by atoms with Crippen LogP contribution in [0.1, 0.15) is 41.6 Å². The van der Waals surface area contributed by atoms with Crippen LogP contribution in [0.3, 0.4) is 0 Å². The molecule has 2 aromatic rings. The fourth-order valence-electron chi connectivity index (χ4n) is 5.57. The maximum absolute atomic E-state index is 13.1. The van der Waals surface area contributed by atoms with E-state index in [1.54, 1.807) is 43.4 Å². The fraction of sp³-hybridized carbons (Fsp3) is 0.481. The van der Waals surface area contributed by atoms with Crippen LogP contribution < -0.4 is 14.4 Å². The third kappa shape index (κ3) is 4.27. The van der Waals surface area contributed by atoms with Crippen molar-refractivity contribution in [3.8, 4) is 11.6 Å². The molecule has 2 aliphatic carbocycles. The van der Waals surface area contributed by atoms with E-state index < -0.39 is 6.10 Å². The van der Waals surface area contributed by atoms with Crippen LogP contribution in [0.25, 0.3) is 0 Å². The summed E-state index contributed by atoms with van der Waals surface area (Å²) in [7, 11) is 3.34. The van der Waals surface area contributed by atoms with Gasteiger partial charge in [0.15, 0.2) is 6.10 Å². The summed E-state index contributed by atoms with van der Waals surface area (Å²) in [6.45, 7) is 0.925. The van der Waals surface area contributed by atoms with Crippen molar-refractivity contribution in [1.82, 2.24) is 14.8 Å². The molecule has 4 aliphatic rings. The van der Waals surface area contributed by atoms with Gasteiger partial charge in [0, 0.05) is 50.9 Å². The van der Waals surface area contributed by atoms with Crippen molar-refractivity contribution in [3.63, 3.8) is 0 Å². The molecule has 6 rings (SSSR count). The molecule has 0 N–H and O–H groups in total. The van der Waals surface area contributed by atoms with Crippen molar-refractivity contribution in [2.75, 3.05) is 32.1 Å². The standard InChI is InChI=1S/C27H30N4O5/c1-29(2)25(32)15-30-14-16-3-4-19(12-22(16)26(30)33)31-8-7-23(27(31)34)35-20-5-6-24(28-13-20)36-21-10-17-9-18(17)11-21/h3-6,12-13,17-18,21,23H,7-11,14-15H2,1-2H3/t17-,18+,21-,23-/m1/s1. The molecule has 1 saturated heterocycles. The van der Waals surface area contributed by atoms with Gasteiger partial charge in [-0.25, -0.2) is 4.98 Å². The third-order valence-corrected chi connectivity index (χ3v) is 7.74. The van der Waals surface area contributed by atoms with Crippen LogP contribution in [-0.2, 0) is 16.1 Å². The molecular weight excluding hydrogens is 460 g/mol. The quantitative estimate of drug-likeness (QED) is 0.592. The van der Waals surface area contributed by atoms with E-state index in [0.717, 1.165) is 30.2 Å². The van der Waals surface area contributed by atoms with Crippen molar-refractivity contribution in [2.45, 2.75) is 44.4 Å². The molecule has 0 unspecified atom stereocenters. The smallest absolute Gasteiger partial charge is 0.268 e. The molecule has 1 aromatic carbocycles. The maximum atomic E-state index is 13.1. The average molecular weight is 491 g/mol. The Balaban J connectivity index is 1.07. The second kappa shape index (κ2) is 8.80. The van der Waals surface area contributed by atoms with E-state index in [0.29, 0.717) is 42.4 Å². The Morgan fingerprint density at radius 1 is 1.08 bits per heavy atom. The van der Waals surface area contributed by atoms with Gasteiger partial charge in [-0.05, 0) is 54.9 Å². The molecule has 0 bridgehead atoms. The molecular formula is C27H30N4O5. The first-order valence-electron chi connectivity index (χ1n) is 12.6. The topological polar surface area (TPSA) is 92.3 Å². The van der Waals surface area contributed by atoms with Crippen LogP contribution in [-0.4, -0.2) is 71.9 Å². The molecule has 3 heterocycles. The summed E-state index contributed by atoms with van der Waals surface area (Å²) in [5, 5.41) is 0. The zero-order valence-electron chi connectivity index (χ0n) is 20.6. The lowest BCUT2D eigenvalue weighted by atomic mass is 10.1.